The molecule has 0 amide bonds. The van der Waals surface area contributed by atoms with Gasteiger partial charge in [-0.05, 0) is 44.0 Å². The van der Waals surface area contributed by atoms with Crippen molar-refractivity contribution >= 4 is 17.9 Å². The van der Waals surface area contributed by atoms with E-state index in [-0.39, 0.29) is 22.0 Å². The summed E-state index contributed by atoms with van der Waals surface area (Å²) < 4.78 is 46.1. The second-order valence-electron chi connectivity index (χ2n) is 6.38. The van der Waals surface area contributed by atoms with Crippen LogP contribution in [0.2, 0.25) is 5.02 Å². The van der Waals surface area contributed by atoms with Crippen LogP contribution in [0.25, 0.3) is 0 Å². The lowest BCUT2D eigenvalue weighted by molar-refractivity contribution is -0.274. The van der Waals surface area contributed by atoms with E-state index < -0.39 is 23.8 Å². The second kappa shape index (κ2) is 8.21. The van der Waals surface area contributed by atoms with E-state index >= 15 is 0 Å². The third-order valence-corrected chi connectivity index (χ3v) is 4.78. The molecule has 2 atom stereocenters. The molecule has 0 radical (unpaired) electrons. The first-order valence-corrected chi connectivity index (χ1v) is 8.96. The van der Waals surface area contributed by atoms with Gasteiger partial charge in [-0.3, -0.25) is 9.59 Å². The number of benzene rings is 1. The van der Waals surface area contributed by atoms with Gasteiger partial charge in [0.05, 0.1) is 11.6 Å². The quantitative estimate of drug-likeness (QED) is 0.570. The molecule has 1 aromatic heterocycles. The second-order valence-corrected chi connectivity index (χ2v) is 6.76. The van der Waals surface area contributed by atoms with Crippen molar-refractivity contribution in [2.75, 3.05) is 0 Å². The van der Waals surface area contributed by atoms with Crippen molar-refractivity contribution in [1.29, 1.82) is 0 Å². The van der Waals surface area contributed by atoms with Crippen LogP contribution in [0, 0.1) is 18.8 Å². The zero-order valence-electron chi connectivity index (χ0n) is 15.1. The summed E-state index contributed by atoms with van der Waals surface area (Å²) >= 11 is 6.01. The highest BCUT2D eigenvalue weighted by Gasteiger charge is 2.31. The molecule has 2 aromatic rings. The Hall–Kier alpha value is -2.92. The number of carbonyl (C=O) groups is 1. The molecular formula is C20H15ClF3NO4. The molecular weight excluding hydrogens is 411 g/mol. The number of nitrogens with one attached hydrogen (secondary N) is 1. The molecule has 0 fully saturated rings. The molecule has 3 rings (SSSR count). The van der Waals surface area contributed by atoms with Crippen LogP contribution in [0.15, 0.2) is 29.1 Å². The molecule has 0 spiro atoms. The Morgan fingerprint density at radius 1 is 1.17 bits per heavy atom. The topological polar surface area (TPSA) is 68.4 Å². The van der Waals surface area contributed by atoms with E-state index in [1.165, 1.54) is 12.1 Å². The first-order chi connectivity index (χ1) is 13.7. The number of hydrogen-bond donors (Lipinski definition) is 1. The van der Waals surface area contributed by atoms with Crippen LogP contribution >= 0.6 is 11.6 Å². The highest BCUT2D eigenvalue weighted by atomic mass is 35.5. The molecule has 1 aliphatic rings. The zero-order valence-corrected chi connectivity index (χ0v) is 15.9. The molecule has 1 aliphatic carbocycles. The minimum absolute atomic E-state index is 0.0203. The molecule has 1 N–H and O–H groups in total. The van der Waals surface area contributed by atoms with E-state index in [0.29, 0.717) is 30.6 Å². The maximum atomic E-state index is 12.5. The number of aromatic nitrogens is 1. The fourth-order valence-electron chi connectivity index (χ4n) is 3.02. The van der Waals surface area contributed by atoms with E-state index in [9.17, 15) is 22.8 Å². The van der Waals surface area contributed by atoms with Crippen LogP contribution in [0.5, 0.6) is 11.5 Å². The Balaban J connectivity index is 1.74. The largest absolute Gasteiger partial charge is 0.573 e. The Kier molecular flexibility index (Phi) is 5.89. The third-order valence-electron chi connectivity index (χ3n) is 4.32. The summed E-state index contributed by atoms with van der Waals surface area (Å²) in [5.74, 6) is 5.32. The number of rotatable bonds is 5. The normalized spacial score (nSPS) is 18.5. The molecule has 0 saturated carbocycles. The average Bonchev–Trinajstić information content (AvgIpc) is 2.67. The molecule has 0 aliphatic heterocycles. The van der Waals surface area contributed by atoms with Crippen molar-refractivity contribution < 1.29 is 27.4 Å². The summed E-state index contributed by atoms with van der Waals surface area (Å²) in [7, 11) is 0. The number of carbonyl (C=O) groups excluding carboxylic acids is 1. The Labute approximate surface area is 168 Å². The van der Waals surface area contributed by atoms with Gasteiger partial charge in [-0.25, -0.2) is 0 Å². The number of ether oxygens (including phenoxy) is 2. The van der Waals surface area contributed by atoms with E-state index in [2.05, 4.69) is 21.6 Å². The predicted molar refractivity (Wildman–Crippen MR) is 99.5 cm³/mol. The SMILES string of the molecule is Cc1[nH]c(C=O)c(C2C#CC(Oc3ccc(OC(F)(F)F)cc3)CC2)c(=O)c1Cl. The molecule has 1 heterocycles. The zero-order chi connectivity index (χ0) is 21.2. The summed E-state index contributed by atoms with van der Waals surface area (Å²) in [5.41, 5.74) is 0.361. The van der Waals surface area contributed by atoms with Crippen molar-refractivity contribution in [3.05, 3.63) is 56.5 Å². The number of hydrogen-bond acceptors (Lipinski definition) is 4. The maximum Gasteiger partial charge on any atom is 0.573 e. The van der Waals surface area contributed by atoms with Gasteiger partial charge >= 0.3 is 6.36 Å². The standard InChI is InChI=1S/C20H15ClF3NO4/c1-11-18(21)19(27)17(16(10-26)25-11)12-2-4-13(5-3-12)28-14-6-8-15(9-7-14)29-20(22,23)24/h6-10,12-13H,2,4H2,1H3,(H,25,27). The Morgan fingerprint density at radius 3 is 2.38 bits per heavy atom. The number of aryl methyl sites for hydroxylation is 1. The minimum Gasteiger partial charge on any atom is -0.478 e. The van der Waals surface area contributed by atoms with Gasteiger partial charge in [0.1, 0.15) is 16.5 Å². The van der Waals surface area contributed by atoms with Gasteiger partial charge in [-0.2, -0.15) is 0 Å². The first-order valence-electron chi connectivity index (χ1n) is 8.59. The first kappa shape index (κ1) is 20.8. The third kappa shape index (κ3) is 4.93. The van der Waals surface area contributed by atoms with E-state index in [1.807, 2.05) is 0 Å². The number of aromatic amines is 1. The number of H-pyrrole nitrogens is 1. The van der Waals surface area contributed by atoms with Gasteiger partial charge < -0.3 is 14.5 Å². The molecule has 1 aromatic carbocycles. The molecule has 0 saturated heterocycles. The van der Waals surface area contributed by atoms with Crippen molar-refractivity contribution in [2.24, 2.45) is 0 Å². The Bertz CT molecular complexity index is 1040. The number of pyridine rings is 1. The van der Waals surface area contributed by atoms with Crippen molar-refractivity contribution in [3.63, 3.8) is 0 Å². The summed E-state index contributed by atoms with van der Waals surface area (Å²) in [6, 6.07) is 4.99. The van der Waals surface area contributed by atoms with Gasteiger partial charge in [0, 0.05) is 11.3 Å². The lowest BCUT2D eigenvalue weighted by Gasteiger charge is -2.21. The number of alkyl halides is 3. The van der Waals surface area contributed by atoms with E-state index in [4.69, 9.17) is 16.3 Å². The highest BCUT2D eigenvalue weighted by molar-refractivity contribution is 6.31. The lowest BCUT2D eigenvalue weighted by Crippen LogP contribution is -2.24. The van der Waals surface area contributed by atoms with Crippen LogP contribution in [0.4, 0.5) is 13.2 Å². The monoisotopic (exact) mass is 425 g/mol. The van der Waals surface area contributed by atoms with Gasteiger partial charge in [0.15, 0.2) is 12.4 Å². The molecule has 29 heavy (non-hydrogen) atoms. The summed E-state index contributed by atoms with van der Waals surface area (Å²) in [4.78, 5) is 26.6. The van der Waals surface area contributed by atoms with E-state index in [1.54, 1.807) is 6.92 Å². The highest BCUT2D eigenvalue weighted by Crippen LogP contribution is 2.29. The average molecular weight is 426 g/mol. The van der Waals surface area contributed by atoms with E-state index in [0.717, 1.165) is 12.1 Å². The van der Waals surface area contributed by atoms with Crippen LogP contribution in [-0.4, -0.2) is 23.7 Å². The molecule has 152 valence electrons. The summed E-state index contributed by atoms with van der Waals surface area (Å²) in [6.07, 6.45) is -3.78. The van der Waals surface area contributed by atoms with Gasteiger partial charge in [0.25, 0.3) is 0 Å². The van der Waals surface area contributed by atoms with Gasteiger partial charge in [0.2, 0.25) is 5.43 Å². The smallest absolute Gasteiger partial charge is 0.478 e. The molecule has 2 unspecified atom stereocenters. The molecule has 9 heteroatoms. The summed E-state index contributed by atoms with van der Waals surface area (Å²) in [6.45, 7) is 1.60. The van der Waals surface area contributed by atoms with Crippen molar-refractivity contribution in [3.8, 4) is 23.3 Å². The van der Waals surface area contributed by atoms with Crippen LogP contribution in [-0.2, 0) is 0 Å². The number of halogens is 4. The van der Waals surface area contributed by atoms with Crippen LogP contribution in [0.3, 0.4) is 0 Å². The van der Waals surface area contributed by atoms with Crippen LogP contribution < -0.4 is 14.9 Å². The van der Waals surface area contributed by atoms with Crippen molar-refractivity contribution in [1.82, 2.24) is 4.98 Å². The molecule has 0 bridgehead atoms. The summed E-state index contributed by atoms with van der Waals surface area (Å²) in [5, 5.41) is 0.0203. The Morgan fingerprint density at radius 2 is 1.83 bits per heavy atom. The fourth-order valence-corrected chi connectivity index (χ4v) is 3.17. The van der Waals surface area contributed by atoms with Crippen LogP contribution in [0.1, 0.15) is 40.5 Å². The predicted octanol–water partition coefficient (Wildman–Crippen LogP) is 4.38. The lowest BCUT2D eigenvalue weighted by atomic mass is 9.88. The minimum atomic E-state index is -4.76. The maximum absolute atomic E-state index is 12.5. The molecule has 5 nitrogen and oxygen atoms in total. The fraction of sp³-hybridized carbons (Fsp3) is 0.300. The van der Waals surface area contributed by atoms with Gasteiger partial charge in [-0.15, -0.1) is 13.2 Å². The van der Waals surface area contributed by atoms with Crippen molar-refractivity contribution in [2.45, 2.75) is 38.1 Å². The van der Waals surface area contributed by atoms with Gasteiger partial charge in [-0.1, -0.05) is 23.4 Å². The number of aldehydes is 1.